The molecule has 1 atom stereocenters. The van der Waals surface area contributed by atoms with E-state index in [4.69, 9.17) is 9.15 Å². The SMILES string of the molecule is COc1cccc(C2C(C(=O)CCc3ccccc3)=C(O)C(=O)N2Cc2ccco2)c1. The average Bonchev–Trinajstić information content (AvgIpc) is 3.40. The second-order valence-corrected chi connectivity index (χ2v) is 7.36. The van der Waals surface area contributed by atoms with Crippen LogP contribution in [0, 0.1) is 0 Å². The van der Waals surface area contributed by atoms with Gasteiger partial charge in [-0.15, -0.1) is 0 Å². The van der Waals surface area contributed by atoms with Crippen LogP contribution in [-0.4, -0.2) is 28.8 Å². The lowest BCUT2D eigenvalue weighted by molar-refractivity contribution is -0.130. The zero-order valence-electron chi connectivity index (χ0n) is 17.2. The van der Waals surface area contributed by atoms with Gasteiger partial charge in [-0.1, -0.05) is 42.5 Å². The van der Waals surface area contributed by atoms with Gasteiger partial charge < -0.3 is 19.2 Å². The fourth-order valence-corrected chi connectivity index (χ4v) is 3.87. The predicted molar refractivity (Wildman–Crippen MR) is 114 cm³/mol. The fraction of sp³-hybridized carbons (Fsp3) is 0.200. The van der Waals surface area contributed by atoms with Crippen LogP contribution in [0.1, 0.15) is 29.3 Å². The quantitative estimate of drug-likeness (QED) is 0.588. The molecule has 6 nitrogen and oxygen atoms in total. The van der Waals surface area contributed by atoms with Gasteiger partial charge in [0.05, 0.1) is 31.5 Å². The van der Waals surface area contributed by atoms with Crippen molar-refractivity contribution in [3.63, 3.8) is 0 Å². The molecular formula is C25H23NO5. The van der Waals surface area contributed by atoms with E-state index in [1.807, 2.05) is 36.4 Å². The summed E-state index contributed by atoms with van der Waals surface area (Å²) in [5.41, 5.74) is 1.82. The third-order valence-corrected chi connectivity index (χ3v) is 5.40. The average molecular weight is 417 g/mol. The molecule has 6 heteroatoms. The van der Waals surface area contributed by atoms with Crippen molar-refractivity contribution < 1.29 is 23.8 Å². The summed E-state index contributed by atoms with van der Waals surface area (Å²) >= 11 is 0. The molecule has 158 valence electrons. The van der Waals surface area contributed by atoms with Crippen LogP contribution in [0.3, 0.4) is 0 Å². The molecule has 0 saturated heterocycles. The number of benzene rings is 2. The van der Waals surface area contributed by atoms with Crippen LogP contribution in [0.5, 0.6) is 5.75 Å². The van der Waals surface area contributed by atoms with Gasteiger partial charge in [-0.3, -0.25) is 9.59 Å². The molecule has 1 aromatic heterocycles. The van der Waals surface area contributed by atoms with Gasteiger partial charge in [0.2, 0.25) is 0 Å². The number of hydrogen-bond donors (Lipinski definition) is 1. The second kappa shape index (κ2) is 8.92. The van der Waals surface area contributed by atoms with Crippen LogP contribution < -0.4 is 4.74 Å². The Kier molecular flexibility index (Phi) is 5.89. The number of aliphatic hydroxyl groups is 1. The highest BCUT2D eigenvalue weighted by Crippen LogP contribution is 2.40. The Morgan fingerprint density at radius 3 is 2.61 bits per heavy atom. The first-order valence-electron chi connectivity index (χ1n) is 10.1. The van der Waals surface area contributed by atoms with E-state index in [2.05, 4.69) is 0 Å². The zero-order chi connectivity index (χ0) is 21.8. The summed E-state index contributed by atoms with van der Waals surface area (Å²) in [6.45, 7) is 0.132. The minimum Gasteiger partial charge on any atom is -0.503 e. The molecule has 1 N–H and O–H groups in total. The first-order valence-corrected chi connectivity index (χ1v) is 10.1. The minimum absolute atomic E-state index is 0.112. The molecule has 0 fully saturated rings. The van der Waals surface area contributed by atoms with E-state index in [1.165, 1.54) is 11.2 Å². The van der Waals surface area contributed by atoms with E-state index in [-0.39, 0.29) is 24.3 Å². The Bertz CT molecular complexity index is 1100. The summed E-state index contributed by atoms with van der Waals surface area (Å²) in [7, 11) is 1.55. The molecule has 1 aliphatic rings. The molecular weight excluding hydrogens is 394 g/mol. The zero-order valence-corrected chi connectivity index (χ0v) is 17.2. The topological polar surface area (TPSA) is 80.0 Å². The Balaban J connectivity index is 1.67. The van der Waals surface area contributed by atoms with Gasteiger partial charge in [0, 0.05) is 6.42 Å². The maximum atomic E-state index is 13.2. The molecule has 0 aliphatic carbocycles. The molecule has 0 radical (unpaired) electrons. The fourth-order valence-electron chi connectivity index (χ4n) is 3.87. The Labute approximate surface area is 180 Å². The number of carbonyl (C=O) groups is 2. The normalized spacial score (nSPS) is 16.1. The molecule has 31 heavy (non-hydrogen) atoms. The van der Waals surface area contributed by atoms with Crippen LogP contribution in [0.25, 0.3) is 0 Å². The predicted octanol–water partition coefficient (Wildman–Crippen LogP) is 4.39. The molecule has 1 amide bonds. The number of aryl methyl sites for hydroxylation is 1. The van der Waals surface area contributed by atoms with Crippen molar-refractivity contribution in [1.82, 2.24) is 4.90 Å². The van der Waals surface area contributed by atoms with E-state index in [0.717, 1.165) is 5.56 Å². The highest BCUT2D eigenvalue weighted by atomic mass is 16.5. The van der Waals surface area contributed by atoms with Crippen LogP contribution in [-0.2, 0) is 22.6 Å². The van der Waals surface area contributed by atoms with Crippen LogP contribution in [0.4, 0.5) is 0 Å². The van der Waals surface area contributed by atoms with Crippen molar-refractivity contribution in [1.29, 1.82) is 0 Å². The van der Waals surface area contributed by atoms with Crippen molar-refractivity contribution in [3.8, 4) is 5.75 Å². The molecule has 0 spiro atoms. The number of aliphatic hydroxyl groups excluding tert-OH is 1. The summed E-state index contributed by atoms with van der Waals surface area (Å²) in [6.07, 6.45) is 2.23. The summed E-state index contributed by atoms with van der Waals surface area (Å²) in [5.74, 6) is -0.188. The number of ether oxygens (including phenoxy) is 1. The number of rotatable bonds is 8. The summed E-state index contributed by atoms with van der Waals surface area (Å²) in [5, 5.41) is 10.7. The number of furan rings is 1. The highest BCUT2D eigenvalue weighted by Gasteiger charge is 2.43. The Morgan fingerprint density at radius 1 is 1.10 bits per heavy atom. The number of methoxy groups -OCH3 is 1. The Morgan fingerprint density at radius 2 is 1.90 bits per heavy atom. The molecule has 2 heterocycles. The summed E-state index contributed by atoms with van der Waals surface area (Å²) in [6, 6.07) is 19.6. The molecule has 4 rings (SSSR count). The molecule has 0 bridgehead atoms. The maximum absolute atomic E-state index is 13.2. The number of amides is 1. The molecule has 0 saturated carbocycles. The van der Waals surface area contributed by atoms with Crippen molar-refractivity contribution in [2.75, 3.05) is 7.11 Å². The lowest BCUT2D eigenvalue weighted by atomic mass is 9.93. The number of Topliss-reactive ketones (excluding diaryl/α,β-unsaturated/α-hetero) is 1. The third kappa shape index (κ3) is 4.23. The van der Waals surface area contributed by atoms with E-state index in [1.54, 1.807) is 37.4 Å². The van der Waals surface area contributed by atoms with Gasteiger partial charge in [0.1, 0.15) is 11.5 Å². The van der Waals surface area contributed by atoms with E-state index >= 15 is 0 Å². The molecule has 1 unspecified atom stereocenters. The standard InChI is InChI=1S/C25H23NO5/c1-30-19-10-5-9-18(15-19)23-22(21(27)13-12-17-7-3-2-4-8-17)24(28)25(29)26(23)16-20-11-6-14-31-20/h2-11,14-15,23,28H,12-13,16H2,1H3. The van der Waals surface area contributed by atoms with E-state index in [9.17, 15) is 14.7 Å². The van der Waals surface area contributed by atoms with Crippen molar-refractivity contribution in [2.45, 2.75) is 25.4 Å². The van der Waals surface area contributed by atoms with Gasteiger partial charge in [0.25, 0.3) is 5.91 Å². The van der Waals surface area contributed by atoms with Gasteiger partial charge in [-0.2, -0.15) is 0 Å². The molecule has 1 aliphatic heterocycles. The second-order valence-electron chi connectivity index (χ2n) is 7.36. The van der Waals surface area contributed by atoms with Gasteiger partial charge >= 0.3 is 0 Å². The molecule has 3 aromatic rings. The summed E-state index contributed by atoms with van der Waals surface area (Å²) < 4.78 is 10.7. The van der Waals surface area contributed by atoms with Gasteiger partial charge in [-0.25, -0.2) is 0 Å². The van der Waals surface area contributed by atoms with E-state index in [0.29, 0.717) is 23.5 Å². The van der Waals surface area contributed by atoms with Crippen molar-refractivity contribution >= 4 is 11.7 Å². The third-order valence-electron chi connectivity index (χ3n) is 5.40. The van der Waals surface area contributed by atoms with Crippen LogP contribution in [0.2, 0.25) is 0 Å². The minimum atomic E-state index is -0.726. The first kappa shape index (κ1) is 20.5. The smallest absolute Gasteiger partial charge is 0.290 e. The van der Waals surface area contributed by atoms with Crippen LogP contribution in [0.15, 0.2) is 88.7 Å². The monoisotopic (exact) mass is 417 g/mol. The van der Waals surface area contributed by atoms with Gasteiger partial charge in [0.15, 0.2) is 11.5 Å². The highest BCUT2D eigenvalue weighted by molar-refractivity contribution is 6.09. The Hall–Kier alpha value is -3.80. The maximum Gasteiger partial charge on any atom is 0.290 e. The van der Waals surface area contributed by atoms with Crippen molar-refractivity contribution in [2.24, 2.45) is 0 Å². The molecule has 2 aromatic carbocycles. The van der Waals surface area contributed by atoms with E-state index < -0.39 is 17.7 Å². The van der Waals surface area contributed by atoms with Crippen molar-refractivity contribution in [3.05, 3.63) is 101 Å². The first-order chi connectivity index (χ1) is 15.1. The number of nitrogens with zero attached hydrogens (tertiary/aromatic N) is 1. The number of carbonyl (C=O) groups excluding carboxylic acids is 2. The number of ketones is 1. The largest absolute Gasteiger partial charge is 0.503 e. The lowest BCUT2D eigenvalue weighted by Gasteiger charge is -2.26. The summed E-state index contributed by atoms with van der Waals surface area (Å²) in [4.78, 5) is 27.6. The number of hydrogen-bond acceptors (Lipinski definition) is 5. The lowest BCUT2D eigenvalue weighted by Crippen LogP contribution is -2.30. The van der Waals surface area contributed by atoms with Crippen LogP contribution >= 0.6 is 0 Å². The van der Waals surface area contributed by atoms with Gasteiger partial charge in [-0.05, 0) is 41.8 Å².